The van der Waals surface area contributed by atoms with Crippen molar-refractivity contribution in [2.24, 2.45) is 0 Å². The SMILES string of the molecule is CC1C(=O)NCCN1c1ncc(C(=O)O)cc1Cl. The number of aromatic nitrogens is 1. The maximum absolute atomic E-state index is 11.5. The van der Waals surface area contributed by atoms with Gasteiger partial charge in [-0.2, -0.15) is 0 Å². The lowest BCUT2D eigenvalue weighted by atomic mass is 10.2. The summed E-state index contributed by atoms with van der Waals surface area (Å²) < 4.78 is 0. The van der Waals surface area contributed by atoms with Gasteiger partial charge in [0, 0.05) is 19.3 Å². The molecular formula is C11H12ClN3O3. The first-order valence-electron chi connectivity index (χ1n) is 5.44. The molecule has 96 valence electrons. The predicted molar refractivity (Wildman–Crippen MR) is 66.0 cm³/mol. The normalized spacial score (nSPS) is 19.6. The van der Waals surface area contributed by atoms with Gasteiger partial charge in [0.15, 0.2) is 0 Å². The zero-order valence-electron chi connectivity index (χ0n) is 9.68. The lowest BCUT2D eigenvalue weighted by molar-refractivity contribution is -0.122. The van der Waals surface area contributed by atoms with Gasteiger partial charge in [0.25, 0.3) is 0 Å². The molecule has 2 N–H and O–H groups in total. The summed E-state index contributed by atoms with van der Waals surface area (Å²) in [5, 5.41) is 11.8. The summed E-state index contributed by atoms with van der Waals surface area (Å²) in [5.74, 6) is -0.745. The van der Waals surface area contributed by atoms with Crippen molar-refractivity contribution in [2.75, 3.05) is 18.0 Å². The van der Waals surface area contributed by atoms with Crippen LogP contribution in [0.1, 0.15) is 17.3 Å². The number of carboxylic acid groups (broad SMARTS) is 1. The molecule has 0 spiro atoms. The van der Waals surface area contributed by atoms with Gasteiger partial charge in [-0.15, -0.1) is 0 Å². The van der Waals surface area contributed by atoms with Crippen molar-refractivity contribution in [3.63, 3.8) is 0 Å². The van der Waals surface area contributed by atoms with Crippen molar-refractivity contribution < 1.29 is 14.7 Å². The second-order valence-electron chi connectivity index (χ2n) is 3.99. The summed E-state index contributed by atoms with van der Waals surface area (Å²) in [6.45, 7) is 2.85. The van der Waals surface area contributed by atoms with Crippen molar-refractivity contribution in [3.05, 3.63) is 22.8 Å². The summed E-state index contributed by atoms with van der Waals surface area (Å²) in [4.78, 5) is 28.1. The zero-order valence-corrected chi connectivity index (χ0v) is 10.4. The Labute approximate surface area is 109 Å². The van der Waals surface area contributed by atoms with E-state index in [4.69, 9.17) is 16.7 Å². The molecule has 0 saturated carbocycles. The van der Waals surface area contributed by atoms with Crippen molar-refractivity contribution in [1.82, 2.24) is 10.3 Å². The molecule has 1 aromatic rings. The predicted octanol–water partition coefficient (Wildman–Crippen LogP) is 0.758. The Morgan fingerprint density at radius 2 is 2.39 bits per heavy atom. The number of piperazine rings is 1. The first-order chi connectivity index (χ1) is 8.50. The molecule has 1 aromatic heterocycles. The third-order valence-corrected chi connectivity index (χ3v) is 3.12. The van der Waals surface area contributed by atoms with E-state index in [1.807, 2.05) is 0 Å². The van der Waals surface area contributed by atoms with Crippen LogP contribution >= 0.6 is 11.6 Å². The van der Waals surface area contributed by atoms with Gasteiger partial charge in [0.05, 0.1) is 10.6 Å². The van der Waals surface area contributed by atoms with E-state index in [1.54, 1.807) is 11.8 Å². The number of halogens is 1. The third-order valence-electron chi connectivity index (χ3n) is 2.84. The largest absolute Gasteiger partial charge is 0.478 e. The zero-order chi connectivity index (χ0) is 13.3. The molecule has 7 heteroatoms. The number of hydrogen-bond donors (Lipinski definition) is 2. The van der Waals surface area contributed by atoms with Gasteiger partial charge in [0.2, 0.25) is 5.91 Å². The highest BCUT2D eigenvalue weighted by Gasteiger charge is 2.28. The van der Waals surface area contributed by atoms with Crippen molar-refractivity contribution >= 4 is 29.3 Å². The number of rotatable bonds is 2. The van der Waals surface area contributed by atoms with Crippen molar-refractivity contribution in [2.45, 2.75) is 13.0 Å². The van der Waals surface area contributed by atoms with Crippen LogP contribution in [0.5, 0.6) is 0 Å². The van der Waals surface area contributed by atoms with E-state index in [-0.39, 0.29) is 22.5 Å². The minimum absolute atomic E-state index is 0.0258. The Morgan fingerprint density at radius 3 is 3.00 bits per heavy atom. The molecule has 1 unspecified atom stereocenters. The highest BCUT2D eigenvalue weighted by Crippen LogP contribution is 2.26. The van der Waals surface area contributed by atoms with E-state index in [2.05, 4.69) is 10.3 Å². The van der Waals surface area contributed by atoms with Crippen molar-refractivity contribution in [1.29, 1.82) is 0 Å². The lowest BCUT2D eigenvalue weighted by Gasteiger charge is -2.34. The van der Waals surface area contributed by atoms with Crippen molar-refractivity contribution in [3.8, 4) is 0 Å². The summed E-state index contributed by atoms with van der Waals surface area (Å²) in [6, 6.07) is 0.963. The maximum Gasteiger partial charge on any atom is 0.337 e. The highest BCUT2D eigenvalue weighted by atomic mass is 35.5. The molecule has 1 amide bonds. The quantitative estimate of drug-likeness (QED) is 0.828. The van der Waals surface area contributed by atoms with Crippen LogP contribution in [0.15, 0.2) is 12.3 Å². The standard InChI is InChI=1S/C11H12ClN3O3/c1-6-10(16)13-2-3-15(6)9-8(12)4-7(5-14-9)11(17)18/h4-6H,2-3H2,1H3,(H,13,16)(H,17,18). The van der Waals surface area contributed by atoms with E-state index in [1.165, 1.54) is 12.3 Å². The molecule has 1 saturated heterocycles. The van der Waals surface area contributed by atoms with Gasteiger partial charge < -0.3 is 15.3 Å². The number of nitrogens with zero attached hydrogens (tertiary/aromatic N) is 2. The molecule has 18 heavy (non-hydrogen) atoms. The molecule has 6 nitrogen and oxygen atoms in total. The van der Waals surface area contributed by atoms with Gasteiger partial charge in [-0.05, 0) is 13.0 Å². The average molecular weight is 270 g/mol. The summed E-state index contributed by atoms with van der Waals surface area (Å²) in [5.41, 5.74) is 0.0258. The van der Waals surface area contributed by atoms with Gasteiger partial charge in [-0.1, -0.05) is 11.6 Å². The summed E-state index contributed by atoms with van der Waals surface area (Å²) >= 11 is 6.02. The van der Waals surface area contributed by atoms with E-state index in [9.17, 15) is 9.59 Å². The second-order valence-corrected chi connectivity index (χ2v) is 4.40. The van der Waals surface area contributed by atoms with Gasteiger partial charge >= 0.3 is 5.97 Å². The molecule has 1 atom stereocenters. The number of aromatic carboxylic acids is 1. The Hall–Kier alpha value is -1.82. The van der Waals surface area contributed by atoms with E-state index < -0.39 is 5.97 Å². The van der Waals surface area contributed by atoms with E-state index in [0.717, 1.165) is 0 Å². The Morgan fingerprint density at radius 1 is 1.67 bits per heavy atom. The summed E-state index contributed by atoms with van der Waals surface area (Å²) in [7, 11) is 0. The molecule has 1 fully saturated rings. The van der Waals surface area contributed by atoms with Gasteiger partial charge in [-0.25, -0.2) is 9.78 Å². The van der Waals surface area contributed by atoms with E-state index in [0.29, 0.717) is 18.9 Å². The second kappa shape index (κ2) is 4.81. The molecule has 1 aliphatic heterocycles. The molecule has 0 radical (unpaired) electrons. The maximum atomic E-state index is 11.5. The average Bonchev–Trinajstić information content (AvgIpc) is 2.33. The van der Waals surface area contributed by atoms with Crippen LogP contribution < -0.4 is 10.2 Å². The number of carboxylic acids is 1. The minimum Gasteiger partial charge on any atom is -0.478 e. The van der Waals surface area contributed by atoms with Gasteiger partial charge in [-0.3, -0.25) is 4.79 Å². The Bertz CT molecular complexity index is 506. The van der Waals surface area contributed by atoms with Gasteiger partial charge in [0.1, 0.15) is 11.9 Å². The molecule has 1 aliphatic rings. The van der Waals surface area contributed by atoms with E-state index >= 15 is 0 Å². The molecule has 0 aromatic carbocycles. The molecular weight excluding hydrogens is 258 g/mol. The monoisotopic (exact) mass is 269 g/mol. The number of pyridine rings is 1. The number of carbonyl (C=O) groups is 2. The third kappa shape index (κ3) is 2.24. The highest BCUT2D eigenvalue weighted by molar-refractivity contribution is 6.33. The molecule has 0 bridgehead atoms. The fourth-order valence-electron chi connectivity index (χ4n) is 1.83. The number of anilines is 1. The molecule has 0 aliphatic carbocycles. The van der Waals surface area contributed by atoms with Crippen LogP contribution in [-0.2, 0) is 4.79 Å². The number of amides is 1. The minimum atomic E-state index is -1.08. The Balaban J connectivity index is 2.33. The molecule has 2 rings (SSSR count). The smallest absolute Gasteiger partial charge is 0.337 e. The Kier molecular flexibility index (Phi) is 3.38. The van der Waals surface area contributed by atoms with Crippen LogP contribution in [-0.4, -0.2) is 41.1 Å². The fraction of sp³-hybridized carbons (Fsp3) is 0.364. The first-order valence-corrected chi connectivity index (χ1v) is 5.81. The summed E-state index contributed by atoms with van der Waals surface area (Å²) in [6.07, 6.45) is 1.24. The van der Waals surface area contributed by atoms with Crippen LogP contribution in [0.25, 0.3) is 0 Å². The number of nitrogens with one attached hydrogen (secondary N) is 1. The number of carbonyl (C=O) groups excluding carboxylic acids is 1. The lowest BCUT2D eigenvalue weighted by Crippen LogP contribution is -2.54. The fourth-order valence-corrected chi connectivity index (χ4v) is 2.11. The topological polar surface area (TPSA) is 82.5 Å². The van der Waals surface area contributed by atoms with Crippen LogP contribution in [0.3, 0.4) is 0 Å². The van der Waals surface area contributed by atoms with Crippen LogP contribution in [0, 0.1) is 0 Å². The van der Waals surface area contributed by atoms with Crippen LogP contribution in [0.4, 0.5) is 5.82 Å². The number of hydrogen-bond acceptors (Lipinski definition) is 4. The first kappa shape index (κ1) is 12.6. The molecule has 2 heterocycles. The van der Waals surface area contributed by atoms with Crippen LogP contribution in [0.2, 0.25) is 5.02 Å².